The highest BCUT2D eigenvalue weighted by atomic mass is 14.6. The van der Waals surface area contributed by atoms with E-state index in [1.807, 2.05) is 0 Å². The maximum absolute atomic E-state index is 2.44. The molecule has 0 heteroatoms. The van der Waals surface area contributed by atoms with Gasteiger partial charge in [-0.25, -0.2) is 0 Å². The fraction of sp³-hybridized carbons (Fsp3) is 1.00. The van der Waals surface area contributed by atoms with Crippen LogP contribution in [0.2, 0.25) is 0 Å². The first kappa shape index (κ1) is 8.32. The molecule has 0 aromatic carbocycles. The zero-order valence-electron chi connectivity index (χ0n) is 9.00. The molecule has 0 heterocycles. The Morgan fingerprint density at radius 2 is 1.62 bits per heavy atom. The van der Waals surface area contributed by atoms with Crippen LogP contribution in [-0.2, 0) is 0 Å². The maximum atomic E-state index is 2.44. The van der Waals surface area contributed by atoms with Crippen molar-refractivity contribution in [2.24, 2.45) is 35.5 Å². The molecule has 0 nitrogen and oxygen atoms in total. The van der Waals surface area contributed by atoms with E-state index in [0.29, 0.717) is 0 Å². The molecule has 3 rings (SSSR count). The zero-order chi connectivity index (χ0) is 9.00. The van der Waals surface area contributed by atoms with Gasteiger partial charge in [0.05, 0.1) is 0 Å². The lowest BCUT2D eigenvalue weighted by Crippen LogP contribution is -2.24. The van der Waals surface area contributed by atoms with Gasteiger partial charge in [-0.15, -0.1) is 0 Å². The van der Waals surface area contributed by atoms with Crippen LogP contribution in [0.3, 0.4) is 0 Å². The molecule has 5 atom stereocenters. The minimum absolute atomic E-state index is 0.953. The van der Waals surface area contributed by atoms with E-state index in [1.165, 1.54) is 17.8 Å². The van der Waals surface area contributed by atoms with Crippen LogP contribution in [0.1, 0.15) is 46.0 Å². The van der Waals surface area contributed by atoms with E-state index in [2.05, 4.69) is 13.8 Å². The topological polar surface area (TPSA) is 0 Å². The summed E-state index contributed by atoms with van der Waals surface area (Å²) >= 11 is 0. The van der Waals surface area contributed by atoms with E-state index in [1.54, 1.807) is 32.1 Å². The SMILES string of the molecule is CC(C)C1CCC2CCC3CC3C21. The van der Waals surface area contributed by atoms with E-state index >= 15 is 0 Å². The monoisotopic (exact) mass is 178 g/mol. The van der Waals surface area contributed by atoms with Gasteiger partial charge in [-0.2, -0.15) is 0 Å². The molecule has 0 aromatic heterocycles. The number of hydrogen-bond donors (Lipinski definition) is 0. The van der Waals surface area contributed by atoms with Crippen LogP contribution in [0.15, 0.2) is 0 Å². The van der Waals surface area contributed by atoms with Crippen LogP contribution in [0.5, 0.6) is 0 Å². The number of fused-ring (bicyclic) bond motifs is 3. The Morgan fingerprint density at radius 3 is 2.38 bits per heavy atom. The average Bonchev–Trinajstić information content (AvgIpc) is 2.76. The Balaban J connectivity index is 1.79. The van der Waals surface area contributed by atoms with Crippen molar-refractivity contribution in [3.8, 4) is 0 Å². The van der Waals surface area contributed by atoms with Gasteiger partial charge in [0, 0.05) is 0 Å². The molecule has 0 N–H and O–H groups in total. The second-order valence-corrected chi connectivity index (χ2v) is 6.06. The van der Waals surface area contributed by atoms with Crippen molar-refractivity contribution in [2.45, 2.75) is 46.0 Å². The first-order chi connectivity index (χ1) is 6.27. The van der Waals surface area contributed by atoms with E-state index in [4.69, 9.17) is 0 Å². The minimum Gasteiger partial charge on any atom is -0.0625 e. The highest BCUT2D eigenvalue weighted by molar-refractivity contribution is 5.03. The Labute approximate surface area is 82.1 Å². The van der Waals surface area contributed by atoms with Crippen LogP contribution in [0, 0.1) is 35.5 Å². The molecule has 0 radical (unpaired) electrons. The lowest BCUT2D eigenvalue weighted by atomic mass is 9.74. The van der Waals surface area contributed by atoms with Crippen LogP contribution < -0.4 is 0 Å². The van der Waals surface area contributed by atoms with Gasteiger partial charge >= 0.3 is 0 Å². The molecule has 5 unspecified atom stereocenters. The van der Waals surface area contributed by atoms with Crippen molar-refractivity contribution >= 4 is 0 Å². The molecule has 0 aliphatic heterocycles. The smallest absolute Gasteiger partial charge is 0.0324 e. The molecule has 13 heavy (non-hydrogen) atoms. The molecule has 0 amide bonds. The summed E-state index contributed by atoms with van der Waals surface area (Å²) in [7, 11) is 0. The zero-order valence-corrected chi connectivity index (χ0v) is 9.00. The second kappa shape index (κ2) is 2.74. The van der Waals surface area contributed by atoms with Gasteiger partial charge in [0.1, 0.15) is 0 Å². The molecule has 3 aliphatic rings. The molecule has 0 bridgehead atoms. The van der Waals surface area contributed by atoms with E-state index < -0.39 is 0 Å². The molecular formula is C13H22. The average molecular weight is 178 g/mol. The summed E-state index contributed by atoms with van der Waals surface area (Å²) in [5, 5.41) is 0. The standard InChI is InChI=1S/C13H22/c1-8(2)11-6-5-9-3-4-10-7-12(10)13(9)11/h8-13H,3-7H2,1-2H3. The summed E-state index contributed by atoms with van der Waals surface area (Å²) in [5.74, 6) is 6.74. The van der Waals surface area contributed by atoms with Gasteiger partial charge in [-0.05, 0) is 67.6 Å². The van der Waals surface area contributed by atoms with Crippen molar-refractivity contribution in [1.29, 1.82) is 0 Å². The molecule has 0 aromatic rings. The summed E-state index contributed by atoms with van der Waals surface area (Å²) in [6, 6.07) is 0. The largest absolute Gasteiger partial charge is 0.0625 e. The van der Waals surface area contributed by atoms with Gasteiger partial charge in [0.25, 0.3) is 0 Å². The highest BCUT2D eigenvalue weighted by Crippen LogP contribution is 2.62. The normalized spacial score (nSPS) is 53.3. The summed E-state index contributed by atoms with van der Waals surface area (Å²) < 4.78 is 0. The Bertz CT molecular complexity index is 206. The van der Waals surface area contributed by atoms with E-state index in [9.17, 15) is 0 Å². The summed E-state index contributed by atoms with van der Waals surface area (Å²) in [6.45, 7) is 4.89. The first-order valence-electron chi connectivity index (χ1n) is 6.27. The van der Waals surface area contributed by atoms with Crippen molar-refractivity contribution in [3.05, 3.63) is 0 Å². The summed E-state index contributed by atoms with van der Waals surface area (Å²) in [5.41, 5.74) is 0. The van der Waals surface area contributed by atoms with Crippen molar-refractivity contribution in [2.75, 3.05) is 0 Å². The lowest BCUT2D eigenvalue weighted by Gasteiger charge is -2.31. The fourth-order valence-corrected chi connectivity index (χ4v) is 4.43. The van der Waals surface area contributed by atoms with Crippen molar-refractivity contribution < 1.29 is 0 Å². The second-order valence-electron chi connectivity index (χ2n) is 6.06. The Morgan fingerprint density at radius 1 is 0.923 bits per heavy atom. The highest BCUT2D eigenvalue weighted by Gasteiger charge is 2.54. The van der Waals surface area contributed by atoms with Crippen molar-refractivity contribution in [3.63, 3.8) is 0 Å². The maximum Gasteiger partial charge on any atom is -0.0324 e. The molecule has 0 saturated heterocycles. The Hall–Kier alpha value is 0. The molecule has 74 valence electrons. The minimum atomic E-state index is 0.953. The van der Waals surface area contributed by atoms with Crippen LogP contribution >= 0.6 is 0 Å². The van der Waals surface area contributed by atoms with Gasteiger partial charge in [0.15, 0.2) is 0 Å². The van der Waals surface area contributed by atoms with Crippen LogP contribution in [0.25, 0.3) is 0 Å². The third-order valence-corrected chi connectivity index (χ3v) is 5.15. The van der Waals surface area contributed by atoms with Gasteiger partial charge in [-0.3, -0.25) is 0 Å². The lowest BCUT2D eigenvalue weighted by molar-refractivity contribution is 0.177. The van der Waals surface area contributed by atoms with Gasteiger partial charge in [0.2, 0.25) is 0 Å². The Kier molecular flexibility index (Phi) is 1.76. The van der Waals surface area contributed by atoms with Crippen molar-refractivity contribution in [1.82, 2.24) is 0 Å². The third kappa shape index (κ3) is 1.17. The number of rotatable bonds is 1. The van der Waals surface area contributed by atoms with Crippen LogP contribution in [-0.4, -0.2) is 0 Å². The van der Waals surface area contributed by atoms with E-state index in [-0.39, 0.29) is 0 Å². The summed E-state index contributed by atoms with van der Waals surface area (Å²) in [6.07, 6.45) is 7.88. The quantitative estimate of drug-likeness (QED) is 0.574. The fourth-order valence-electron chi connectivity index (χ4n) is 4.43. The van der Waals surface area contributed by atoms with E-state index in [0.717, 1.165) is 17.8 Å². The molecule has 3 saturated carbocycles. The number of hydrogen-bond acceptors (Lipinski definition) is 0. The summed E-state index contributed by atoms with van der Waals surface area (Å²) in [4.78, 5) is 0. The molecular weight excluding hydrogens is 156 g/mol. The third-order valence-electron chi connectivity index (χ3n) is 5.15. The predicted octanol–water partition coefficient (Wildman–Crippen LogP) is 3.71. The predicted molar refractivity (Wildman–Crippen MR) is 55.4 cm³/mol. The molecule has 3 fully saturated rings. The molecule has 3 aliphatic carbocycles. The molecule has 0 spiro atoms. The first-order valence-corrected chi connectivity index (χ1v) is 6.27. The van der Waals surface area contributed by atoms with Gasteiger partial charge in [-0.1, -0.05) is 13.8 Å². The van der Waals surface area contributed by atoms with Crippen LogP contribution in [0.4, 0.5) is 0 Å². The van der Waals surface area contributed by atoms with Gasteiger partial charge < -0.3 is 0 Å².